The molecule has 0 aliphatic carbocycles. The van der Waals surface area contributed by atoms with Crippen molar-refractivity contribution >= 4 is 31.2 Å². The van der Waals surface area contributed by atoms with E-state index in [1.807, 2.05) is 20.8 Å². The molecule has 60 valence electrons. The van der Waals surface area contributed by atoms with Crippen molar-refractivity contribution in [2.24, 2.45) is 5.41 Å². The zero-order valence-electron chi connectivity index (χ0n) is 6.38. The third-order valence-corrected chi connectivity index (χ3v) is 1.20. The van der Waals surface area contributed by atoms with Gasteiger partial charge in [0.1, 0.15) is 4.71 Å². The van der Waals surface area contributed by atoms with Crippen molar-refractivity contribution in [3.63, 3.8) is 0 Å². The fourth-order valence-electron chi connectivity index (χ4n) is 0.334. The lowest BCUT2D eigenvalue weighted by Gasteiger charge is -2.18. The number of carbonyl (C=O) groups is 1. The van der Waals surface area contributed by atoms with E-state index in [4.69, 9.17) is 0 Å². The highest BCUT2D eigenvalue weighted by Gasteiger charge is 2.21. The van der Waals surface area contributed by atoms with Gasteiger partial charge in [0.2, 0.25) is 5.91 Å². The Morgan fingerprint density at radius 3 is 1.90 bits per heavy atom. The first kappa shape index (κ1) is 10.2. The first-order chi connectivity index (χ1) is 4.34. The third kappa shape index (κ3) is 4.06. The first-order valence-electron chi connectivity index (χ1n) is 3.01. The van der Waals surface area contributed by atoms with Gasteiger partial charge in [0.25, 0.3) is 0 Å². The number of hydrogen-bond acceptors (Lipinski definition) is 3. The maximum Gasteiger partial charge on any atom is 0.226 e. The quantitative estimate of drug-likeness (QED) is 0.411. The summed E-state index contributed by atoms with van der Waals surface area (Å²) in [6, 6.07) is 0. The molecule has 0 atom stereocenters. The lowest BCUT2D eigenvalue weighted by Crippen LogP contribution is -2.37. The molecule has 0 unspecified atom stereocenters. The molecule has 0 fully saturated rings. The highest BCUT2D eigenvalue weighted by Crippen LogP contribution is 2.13. The summed E-state index contributed by atoms with van der Waals surface area (Å²) in [7, 11) is 0. The predicted molar refractivity (Wildman–Crippen MR) is 49.4 cm³/mol. The largest absolute Gasteiger partial charge is 0.335 e. The van der Waals surface area contributed by atoms with Gasteiger partial charge in [0.15, 0.2) is 0 Å². The molecular formula is C6H13NOS2. The summed E-state index contributed by atoms with van der Waals surface area (Å²) in [6.07, 6.45) is 0. The van der Waals surface area contributed by atoms with Gasteiger partial charge in [-0.2, -0.15) is 0 Å². The van der Waals surface area contributed by atoms with Crippen LogP contribution in [0.1, 0.15) is 20.8 Å². The summed E-state index contributed by atoms with van der Waals surface area (Å²) in [5, 5.41) is 2.57. The maximum atomic E-state index is 11.1. The van der Waals surface area contributed by atoms with Gasteiger partial charge in [0.05, 0.1) is 0 Å². The zero-order valence-corrected chi connectivity index (χ0v) is 8.17. The van der Waals surface area contributed by atoms with Gasteiger partial charge in [-0.3, -0.25) is 4.79 Å². The van der Waals surface area contributed by atoms with Crippen molar-refractivity contribution in [2.45, 2.75) is 25.5 Å². The molecule has 1 N–H and O–H groups in total. The average molecular weight is 179 g/mol. The summed E-state index contributed by atoms with van der Waals surface area (Å²) in [6.45, 7) is 5.52. The van der Waals surface area contributed by atoms with Gasteiger partial charge in [-0.1, -0.05) is 20.8 Å². The summed E-state index contributed by atoms with van der Waals surface area (Å²) in [5.74, 6) is -0.0394. The molecule has 0 aliphatic heterocycles. The molecular weight excluding hydrogens is 166 g/mol. The van der Waals surface area contributed by atoms with E-state index in [1.54, 1.807) is 0 Å². The fraction of sp³-hybridized carbons (Fsp3) is 0.833. The fourth-order valence-corrected chi connectivity index (χ4v) is 0.568. The number of nitrogens with one attached hydrogen (secondary N) is 1. The molecule has 0 spiro atoms. The lowest BCUT2D eigenvalue weighted by atomic mass is 9.96. The van der Waals surface area contributed by atoms with E-state index in [9.17, 15) is 4.79 Å². The summed E-state index contributed by atoms with van der Waals surface area (Å²) < 4.78 is -0.369. The van der Waals surface area contributed by atoms with Gasteiger partial charge < -0.3 is 5.32 Å². The van der Waals surface area contributed by atoms with Crippen LogP contribution in [0.3, 0.4) is 0 Å². The molecule has 0 aromatic rings. The van der Waals surface area contributed by atoms with E-state index in [2.05, 4.69) is 30.6 Å². The van der Waals surface area contributed by atoms with Crippen molar-refractivity contribution in [2.75, 3.05) is 0 Å². The van der Waals surface area contributed by atoms with E-state index >= 15 is 0 Å². The molecule has 2 nitrogen and oxygen atoms in total. The van der Waals surface area contributed by atoms with Gasteiger partial charge in [-0.15, -0.1) is 25.3 Å². The molecule has 0 rings (SSSR count). The second-order valence-corrected chi connectivity index (χ2v) is 4.54. The predicted octanol–water partition coefficient (Wildman–Crippen LogP) is 1.29. The topological polar surface area (TPSA) is 29.1 Å². The Hall–Kier alpha value is 0.170. The van der Waals surface area contributed by atoms with E-state index in [1.165, 1.54) is 0 Å². The average Bonchev–Trinajstić information content (AvgIpc) is 1.60. The smallest absolute Gasteiger partial charge is 0.226 e. The van der Waals surface area contributed by atoms with Gasteiger partial charge in [0, 0.05) is 5.41 Å². The van der Waals surface area contributed by atoms with E-state index in [-0.39, 0.29) is 16.0 Å². The summed E-state index contributed by atoms with van der Waals surface area (Å²) in [5.41, 5.74) is -0.357. The monoisotopic (exact) mass is 179 g/mol. The van der Waals surface area contributed by atoms with Crippen LogP contribution in [-0.4, -0.2) is 10.6 Å². The van der Waals surface area contributed by atoms with Crippen LogP contribution in [0.4, 0.5) is 0 Å². The van der Waals surface area contributed by atoms with Crippen LogP contribution in [0.5, 0.6) is 0 Å². The molecule has 0 aromatic heterocycles. The molecule has 0 saturated heterocycles. The van der Waals surface area contributed by atoms with Crippen molar-refractivity contribution in [1.82, 2.24) is 5.32 Å². The minimum absolute atomic E-state index is 0.0394. The number of rotatable bonds is 1. The normalized spacial score (nSPS) is 11.8. The van der Waals surface area contributed by atoms with Crippen LogP contribution in [0.15, 0.2) is 0 Å². The molecule has 0 heterocycles. The van der Waals surface area contributed by atoms with E-state index in [0.29, 0.717) is 0 Å². The van der Waals surface area contributed by atoms with Gasteiger partial charge >= 0.3 is 0 Å². The molecule has 0 aliphatic rings. The molecule has 0 radical (unpaired) electrons. The van der Waals surface area contributed by atoms with Crippen LogP contribution in [0.2, 0.25) is 0 Å². The van der Waals surface area contributed by atoms with E-state index in [0.717, 1.165) is 0 Å². The standard InChI is InChI=1S/C6H13NOS2/c1-6(2,3)4(8)7-5(9)10/h5,9-10H,1-3H3,(H,7,8). The first-order valence-corrected chi connectivity index (χ1v) is 4.04. The maximum absolute atomic E-state index is 11.1. The number of hydrogen-bond donors (Lipinski definition) is 3. The van der Waals surface area contributed by atoms with Crippen LogP contribution < -0.4 is 5.32 Å². The Bertz CT molecular complexity index is 128. The molecule has 0 bridgehead atoms. The minimum Gasteiger partial charge on any atom is -0.335 e. The molecule has 4 heteroatoms. The van der Waals surface area contributed by atoms with Crippen LogP contribution in [0, 0.1) is 5.41 Å². The zero-order chi connectivity index (χ0) is 8.36. The molecule has 0 saturated carbocycles. The Kier molecular flexibility index (Phi) is 3.59. The van der Waals surface area contributed by atoms with Crippen LogP contribution in [-0.2, 0) is 4.79 Å². The Morgan fingerprint density at radius 2 is 1.80 bits per heavy atom. The minimum atomic E-state index is -0.369. The molecule has 1 amide bonds. The Balaban J connectivity index is 3.87. The van der Waals surface area contributed by atoms with E-state index < -0.39 is 0 Å². The second-order valence-electron chi connectivity index (χ2n) is 3.10. The van der Waals surface area contributed by atoms with Crippen LogP contribution in [0.25, 0.3) is 0 Å². The number of thiol groups is 2. The number of carbonyl (C=O) groups excluding carboxylic acids is 1. The Labute approximate surface area is 72.6 Å². The highest BCUT2D eigenvalue weighted by atomic mass is 32.2. The van der Waals surface area contributed by atoms with Crippen LogP contribution >= 0.6 is 25.3 Å². The highest BCUT2D eigenvalue weighted by molar-refractivity contribution is 7.99. The lowest BCUT2D eigenvalue weighted by molar-refractivity contribution is -0.128. The molecule has 10 heavy (non-hydrogen) atoms. The third-order valence-electron chi connectivity index (χ3n) is 0.941. The summed E-state index contributed by atoms with van der Waals surface area (Å²) in [4.78, 5) is 11.1. The SMILES string of the molecule is CC(C)(C)C(=O)NC(S)S. The molecule has 0 aromatic carbocycles. The van der Waals surface area contributed by atoms with Crippen molar-refractivity contribution in [3.05, 3.63) is 0 Å². The summed E-state index contributed by atoms with van der Waals surface area (Å²) >= 11 is 7.80. The number of amides is 1. The Morgan fingerprint density at radius 1 is 1.40 bits per heavy atom. The van der Waals surface area contributed by atoms with Gasteiger partial charge in [-0.05, 0) is 0 Å². The van der Waals surface area contributed by atoms with Crippen molar-refractivity contribution < 1.29 is 4.79 Å². The van der Waals surface area contributed by atoms with Gasteiger partial charge in [-0.25, -0.2) is 0 Å². The van der Waals surface area contributed by atoms with Crippen molar-refractivity contribution in [3.8, 4) is 0 Å². The second kappa shape index (κ2) is 3.53. The van der Waals surface area contributed by atoms with Crippen molar-refractivity contribution in [1.29, 1.82) is 0 Å².